The zero-order chi connectivity index (χ0) is 22.8. The summed E-state index contributed by atoms with van der Waals surface area (Å²) in [5.74, 6) is -2.17. The number of alkyl halides is 3. The Morgan fingerprint density at radius 1 is 1.19 bits per heavy atom. The van der Waals surface area contributed by atoms with Crippen LogP contribution in [0.2, 0.25) is 0 Å². The fraction of sp³-hybridized carbons (Fsp3) is 0.250. The van der Waals surface area contributed by atoms with Crippen LogP contribution < -0.4 is 10.6 Å². The zero-order valence-corrected chi connectivity index (χ0v) is 16.9. The topological polar surface area (TPSA) is 78.5 Å². The molecule has 2 aromatic rings. The lowest BCUT2D eigenvalue weighted by Gasteiger charge is -2.26. The number of hydrogen-bond donors (Lipinski definition) is 2. The summed E-state index contributed by atoms with van der Waals surface area (Å²) in [6.07, 6.45) is -4.78. The van der Waals surface area contributed by atoms with Gasteiger partial charge in [-0.3, -0.25) is 14.4 Å². The number of likely N-dealkylation sites (N-methyl/N-ethyl adjacent to an activating group) is 1. The van der Waals surface area contributed by atoms with Gasteiger partial charge in [0.1, 0.15) is 5.82 Å². The van der Waals surface area contributed by atoms with Crippen LogP contribution in [0.1, 0.15) is 12.0 Å². The molecule has 2 aromatic carbocycles. The van der Waals surface area contributed by atoms with Crippen molar-refractivity contribution in [3.63, 3.8) is 0 Å². The van der Waals surface area contributed by atoms with E-state index in [4.69, 9.17) is 0 Å². The molecule has 1 aliphatic heterocycles. The third kappa shape index (κ3) is 5.75. The first-order valence-electron chi connectivity index (χ1n) is 9.01. The second-order valence-corrected chi connectivity index (χ2v) is 8.06. The number of halogens is 4. The van der Waals surface area contributed by atoms with Crippen molar-refractivity contribution in [2.24, 2.45) is 0 Å². The van der Waals surface area contributed by atoms with Crippen LogP contribution >= 0.6 is 11.8 Å². The molecule has 0 aliphatic carbocycles. The monoisotopic (exact) mass is 455 g/mol. The van der Waals surface area contributed by atoms with Gasteiger partial charge in [-0.05, 0) is 36.4 Å². The Balaban J connectivity index is 1.58. The average molecular weight is 455 g/mol. The average Bonchev–Trinajstić information content (AvgIpc) is 2.67. The summed E-state index contributed by atoms with van der Waals surface area (Å²) in [5.41, 5.74) is -0.607. The molecule has 1 heterocycles. The van der Waals surface area contributed by atoms with E-state index >= 15 is 0 Å². The van der Waals surface area contributed by atoms with Gasteiger partial charge in [0.15, 0.2) is 0 Å². The highest BCUT2D eigenvalue weighted by Crippen LogP contribution is 2.40. The van der Waals surface area contributed by atoms with Gasteiger partial charge in [-0.25, -0.2) is 4.39 Å². The number of thioether (sulfide) groups is 1. The van der Waals surface area contributed by atoms with Crippen LogP contribution in [0.5, 0.6) is 0 Å². The Labute approximate surface area is 179 Å². The van der Waals surface area contributed by atoms with Gasteiger partial charge in [-0.15, -0.1) is 11.8 Å². The molecule has 1 atom stereocenters. The van der Waals surface area contributed by atoms with Crippen molar-refractivity contribution in [2.45, 2.75) is 22.7 Å². The lowest BCUT2D eigenvalue weighted by molar-refractivity contribution is -0.137. The molecule has 0 bridgehead atoms. The Hall–Kier alpha value is -3.08. The summed E-state index contributed by atoms with van der Waals surface area (Å²) in [5, 5.41) is 4.01. The van der Waals surface area contributed by atoms with Gasteiger partial charge in [0.25, 0.3) is 0 Å². The van der Waals surface area contributed by atoms with Gasteiger partial charge in [0.05, 0.1) is 23.0 Å². The molecule has 0 unspecified atom stereocenters. The number of nitrogens with zero attached hydrogens (tertiary/aromatic N) is 1. The van der Waals surface area contributed by atoms with Crippen LogP contribution in [0.3, 0.4) is 0 Å². The Morgan fingerprint density at radius 3 is 2.61 bits per heavy atom. The van der Waals surface area contributed by atoms with Crippen molar-refractivity contribution in [2.75, 3.05) is 24.2 Å². The Bertz CT molecular complexity index is 1030. The molecule has 164 valence electrons. The number of nitrogens with one attached hydrogen (secondary N) is 2. The summed E-state index contributed by atoms with van der Waals surface area (Å²) in [6, 6.07) is 8.27. The molecule has 0 radical (unpaired) electrons. The van der Waals surface area contributed by atoms with Crippen molar-refractivity contribution >= 4 is 40.9 Å². The number of benzene rings is 2. The number of rotatable bonds is 5. The summed E-state index contributed by atoms with van der Waals surface area (Å²) in [4.78, 5) is 38.3. The molecule has 0 saturated heterocycles. The third-order valence-electron chi connectivity index (χ3n) is 4.40. The maximum absolute atomic E-state index is 13.2. The first-order valence-corrected chi connectivity index (χ1v) is 9.89. The summed E-state index contributed by atoms with van der Waals surface area (Å²) in [6.45, 7) is -0.320. The van der Waals surface area contributed by atoms with E-state index in [1.807, 2.05) is 0 Å². The van der Waals surface area contributed by atoms with E-state index in [-0.39, 0.29) is 24.3 Å². The highest BCUT2D eigenvalue weighted by atomic mass is 32.2. The Kier molecular flexibility index (Phi) is 6.54. The molecular formula is C20H17F4N3O3S. The van der Waals surface area contributed by atoms with Crippen LogP contribution in [0.15, 0.2) is 47.4 Å². The molecule has 0 fully saturated rings. The maximum Gasteiger partial charge on any atom is 0.416 e. The van der Waals surface area contributed by atoms with Gasteiger partial charge in [0.2, 0.25) is 17.7 Å². The molecule has 31 heavy (non-hydrogen) atoms. The fourth-order valence-corrected chi connectivity index (χ4v) is 3.93. The van der Waals surface area contributed by atoms with E-state index in [1.165, 1.54) is 31.3 Å². The van der Waals surface area contributed by atoms with Gasteiger partial charge < -0.3 is 15.5 Å². The molecule has 2 N–H and O–H groups in total. The van der Waals surface area contributed by atoms with Crippen LogP contribution in [0.25, 0.3) is 0 Å². The maximum atomic E-state index is 13.2. The third-order valence-corrected chi connectivity index (χ3v) is 5.68. The molecule has 0 spiro atoms. The lowest BCUT2D eigenvalue weighted by Crippen LogP contribution is -2.39. The first kappa shape index (κ1) is 22.6. The second-order valence-electron chi connectivity index (χ2n) is 6.82. The summed E-state index contributed by atoms with van der Waals surface area (Å²) < 4.78 is 51.7. The standard InChI is InChI=1S/C20H17F4N3O3S/c1-27(10-17(28)25-13-4-2-3-12(21)8-13)18(29)9-16-19(30)26-14-7-11(20(22,23)24)5-6-15(14)31-16/h2-8,16H,9-10H2,1H3,(H,25,28)(H,26,30)/t16-/m1/s1. The van der Waals surface area contributed by atoms with E-state index in [0.29, 0.717) is 4.90 Å². The van der Waals surface area contributed by atoms with Gasteiger partial charge >= 0.3 is 6.18 Å². The number of anilines is 2. The molecule has 0 saturated carbocycles. The molecule has 11 heteroatoms. The van der Waals surface area contributed by atoms with E-state index in [0.717, 1.165) is 34.9 Å². The van der Waals surface area contributed by atoms with E-state index in [9.17, 15) is 31.9 Å². The second kappa shape index (κ2) is 8.96. The lowest BCUT2D eigenvalue weighted by atomic mass is 10.1. The largest absolute Gasteiger partial charge is 0.416 e. The van der Waals surface area contributed by atoms with Crippen molar-refractivity contribution in [1.29, 1.82) is 0 Å². The van der Waals surface area contributed by atoms with Gasteiger partial charge in [0, 0.05) is 24.1 Å². The Morgan fingerprint density at radius 2 is 1.94 bits per heavy atom. The molecular weight excluding hydrogens is 438 g/mol. The zero-order valence-electron chi connectivity index (χ0n) is 16.1. The fourth-order valence-electron chi connectivity index (χ4n) is 2.85. The van der Waals surface area contributed by atoms with Crippen LogP contribution in [0, 0.1) is 5.82 Å². The first-order chi connectivity index (χ1) is 14.5. The van der Waals surface area contributed by atoms with E-state index in [1.54, 1.807) is 0 Å². The smallest absolute Gasteiger partial charge is 0.336 e. The number of fused-ring (bicyclic) bond motifs is 1. The predicted octanol–water partition coefficient (Wildman–Crippen LogP) is 3.74. The summed E-state index contributed by atoms with van der Waals surface area (Å²) in [7, 11) is 1.38. The van der Waals surface area contributed by atoms with Crippen LogP contribution in [-0.4, -0.2) is 41.5 Å². The predicted molar refractivity (Wildman–Crippen MR) is 107 cm³/mol. The van der Waals surface area contributed by atoms with Crippen LogP contribution in [0.4, 0.5) is 28.9 Å². The van der Waals surface area contributed by atoms with Gasteiger partial charge in [-0.2, -0.15) is 13.2 Å². The molecule has 3 amide bonds. The number of carbonyl (C=O) groups is 3. The molecule has 0 aromatic heterocycles. The van der Waals surface area contributed by atoms with E-state index < -0.39 is 40.5 Å². The quantitative estimate of drug-likeness (QED) is 0.674. The SMILES string of the molecule is CN(CC(=O)Nc1cccc(F)c1)C(=O)C[C@H]1Sc2ccc(C(F)(F)F)cc2NC1=O. The summed E-state index contributed by atoms with van der Waals surface area (Å²) >= 11 is 0.984. The normalized spacial score (nSPS) is 15.6. The van der Waals surface area contributed by atoms with Crippen molar-refractivity contribution in [3.05, 3.63) is 53.8 Å². The number of hydrogen-bond acceptors (Lipinski definition) is 4. The highest BCUT2D eigenvalue weighted by Gasteiger charge is 2.34. The molecule has 3 rings (SSSR count). The van der Waals surface area contributed by atoms with Gasteiger partial charge in [-0.1, -0.05) is 6.07 Å². The minimum Gasteiger partial charge on any atom is -0.336 e. The van der Waals surface area contributed by atoms with Crippen molar-refractivity contribution < 1.29 is 31.9 Å². The number of amides is 3. The van der Waals surface area contributed by atoms with E-state index in [2.05, 4.69) is 10.6 Å². The van der Waals surface area contributed by atoms with Crippen LogP contribution in [-0.2, 0) is 20.6 Å². The number of carbonyl (C=O) groups excluding carboxylic acids is 3. The van der Waals surface area contributed by atoms with Crippen molar-refractivity contribution in [3.8, 4) is 0 Å². The van der Waals surface area contributed by atoms with Crippen molar-refractivity contribution in [1.82, 2.24) is 4.90 Å². The minimum absolute atomic E-state index is 0.0383. The molecule has 1 aliphatic rings. The molecule has 6 nitrogen and oxygen atoms in total. The highest BCUT2D eigenvalue weighted by molar-refractivity contribution is 8.01. The minimum atomic E-state index is -4.54.